The van der Waals surface area contributed by atoms with Gasteiger partial charge < -0.3 is 9.84 Å². The molecule has 0 spiro atoms. The summed E-state index contributed by atoms with van der Waals surface area (Å²) in [4.78, 5) is 11.3. The Morgan fingerprint density at radius 2 is 2.13 bits per heavy atom. The van der Waals surface area contributed by atoms with Crippen molar-refractivity contribution >= 4 is 5.97 Å². The maximum atomic E-state index is 11.3. The molecule has 3 nitrogen and oxygen atoms in total. The summed E-state index contributed by atoms with van der Waals surface area (Å²) in [5.74, 6) is 0.380. The summed E-state index contributed by atoms with van der Waals surface area (Å²) in [5.41, 5.74) is 0. The van der Waals surface area contributed by atoms with E-state index in [1.165, 1.54) is 6.42 Å². The first-order chi connectivity index (χ1) is 7.15. The molecule has 0 amide bonds. The lowest BCUT2D eigenvalue weighted by Gasteiger charge is -2.31. The third-order valence-electron chi connectivity index (χ3n) is 3.31. The molecule has 3 atom stereocenters. The molecule has 3 heteroatoms. The maximum Gasteiger partial charge on any atom is 0.306 e. The highest BCUT2D eigenvalue weighted by Crippen LogP contribution is 2.32. The van der Waals surface area contributed by atoms with E-state index in [2.05, 4.69) is 0 Å². The van der Waals surface area contributed by atoms with E-state index in [9.17, 15) is 9.90 Å². The molecule has 1 saturated carbocycles. The second-order valence-corrected chi connectivity index (χ2v) is 4.50. The fourth-order valence-electron chi connectivity index (χ4n) is 2.44. The largest absolute Gasteiger partial charge is 0.466 e. The van der Waals surface area contributed by atoms with Crippen molar-refractivity contribution in [2.24, 2.45) is 11.8 Å². The zero-order valence-corrected chi connectivity index (χ0v) is 9.74. The molecule has 1 aliphatic carbocycles. The van der Waals surface area contributed by atoms with Crippen LogP contribution in [0.15, 0.2) is 0 Å². The van der Waals surface area contributed by atoms with Crippen molar-refractivity contribution < 1.29 is 14.6 Å². The molecule has 1 fully saturated rings. The number of carbonyl (C=O) groups excluding carboxylic acids is 1. The number of ether oxygens (including phenoxy) is 1. The Morgan fingerprint density at radius 1 is 1.47 bits per heavy atom. The van der Waals surface area contributed by atoms with Crippen LogP contribution in [0, 0.1) is 11.8 Å². The Kier molecular flexibility index (Phi) is 5.09. The van der Waals surface area contributed by atoms with E-state index in [4.69, 9.17) is 4.74 Å². The van der Waals surface area contributed by atoms with E-state index >= 15 is 0 Å². The number of hydrogen-bond donors (Lipinski definition) is 1. The minimum Gasteiger partial charge on any atom is -0.466 e. The Bertz CT molecular complexity index is 203. The summed E-state index contributed by atoms with van der Waals surface area (Å²) in [6.45, 7) is 4.30. The quantitative estimate of drug-likeness (QED) is 0.729. The molecule has 88 valence electrons. The predicted octanol–water partition coefficient (Wildman–Crippen LogP) is 2.13. The SMILES string of the molecule is CCOC(=O)CC(C)C1CCCCC1O. The summed E-state index contributed by atoms with van der Waals surface area (Å²) in [6, 6.07) is 0. The van der Waals surface area contributed by atoms with Gasteiger partial charge in [-0.25, -0.2) is 0 Å². The highest BCUT2D eigenvalue weighted by molar-refractivity contribution is 5.69. The van der Waals surface area contributed by atoms with Gasteiger partial charge >= 0.3 is 5.97 Å². The van der Waals surface area contributed by atoms with Crippen LogP contribution in [-0.2, 0) is 9.53 Å². The van der Waals surface area contributed by atoms with E-state index in [0.29, 0.717) is 13.0 Å². The van der Waals surface area contributed by atoms with Crippen LogP contribution in [0.25, 0.3) is 0 Å². The highest BCUT2D eigenvalue weighted by Gasteiger charge is 2.29. The summed E-state index contributed by atoms with van der Waals surface area (Å²) < 4.78 is 4.92. The zero-order valence-electron chi connectivity index (χ0n) is 9.74. The molecular weight excluding hydrogens is 192 g/mol. The topological polar surface area (TPSA) is 46.5 Å². The van der Waals surface area contributed by atoms with Gasteiger partial charge in [0, 0.05) is 6.42 Å². The first-order valence-electron chi connectivity index (χ1n) is 5.98. The first-order valence-corrected chi connectivity index (χ1v) is 5.98. The third kappa shape index (κ3) is 3.82. The Labute approximate surface area is 91.8 Å². The molecule has 1 N–H and O–H groups in total. The molecule has 0 aromatic carbocycles. The van der Waals surface area contributed by atoms with Gasteiger partial charge in [0.05, 0.1) is 12.7 Å². The molecule has 0 aliphatic heterocycles. The lowest BCUT2D eigenvalue weighted by Crippen LogP contribution is -2.31. The van der Waals surface area contributed by atoms with E-state index in [-0.39, 0.29) is 23.9 Å². The van der Waals surface area contributed by atoms with Crippen LogP contribution in [-0.4, -0.2) is 23.8 Å². The van der Waals surface area contributed by atoms with Gasteiger partial charge in [0.15, 0.2) is 0 Å². The van der Waals surface area contributed by atoms with Crippen LogP contribution in [0.5, 0.6) is 0 Å². The van der Waals surface area contributed by atoms with Crippen molar-refractivity contribution in [2.45, 2.75) is 52.1 Å². The van der Waals surface area contributed by atoms with Gasteiger partial charge in [0.2, 0.25) is 0 Å². The van der Waals surface area contributed by atoms with E-state index < -0.39 is 0 Å². The summed E-state index contributed by atoms with van der Waals surface area (Å²) in [6.07, 6.45) is 4.44. The predicted molar refractivity (Wildman–Crippen MR) is 58.4 cm³/mol. The molecule has 0 aromatic rings. The minimum absolute atomic E-state index is 0.136. The number of hydrogen-bond acceptors (Lipinski definition) is 3. The van der Waals surface area contributed by atoms with Gasteiger partial charge in [-0.3, -0.25) is 4.79 Å². The maximum absolute atomic E-state index is 11.3. The van der Waals surface area contributed by atoms with Crippen molar-refractivity contribution in [2.75, 3.05) is 6.61 Å². The lowest BCUT2D eigenvalue weighted by atomic mass is 9.77. The monoisotopic (exact) mass is 214 g/mol. The van der Waals surface area contributed by atoms with Crippen LogP contribution in [0.1, 0.15) is 46.0 Å². The van der Waals surface area contributed by atoms with Gasteiger partial charge in [-0.2, -0.15) is 0 Å². The van der Waals surface area contributed by atoms with Crippen LogP contribution < -0.4 is 0 Å². The number of aliphatic hydroxyl groups is 1. The van der Waals surface area contributed by atoms with E-state index in [1.807, 2.05) is 13.8 Å². The first kappa shape index (κ1) is 12.5. The Balaban J connectivity index is 2.37. The highest BCUT2D eigenvalue weighted by atomic mass is 16.5. The summed E-state index contributed by atoms with van der Waals surface area (Å²) in [7, 11) is 0. The van der Waals surface area contributed by atoms with Crippen LogP contribution in [0.4, 0.5) is 0 Å². The number of aliphatic hydroxyl groups excluding tert-OH is 1. The van der Waals surface area contributed by atoms with Crippen molar-refractivity contribution in [3.63, 3.8) is 0 Å². The molecule has 1 aliphatic rings. The summed E-state index contributed by atoms with van der Waals surface area (Å²) >= 11 is 0. The fourth-order valence-corrected chi connectivity index (χ4v) is 2.44. The van der Waals surface area contributed by atoms with Crippen molar-refractivity contribution in [1.29, 1.82) is 0 Å². The zero-order chi connectivity index (χ0) is 11.3. The average molecular weight is 214 g/mol. The third-order valence-corrected chi connectivity index (χ3v) is 3.31. The molecule has 0 aromatic heterocycles. The molecule has 0 saturated heterocycles. The number of rotatable bonds is 4. The summed E-state index contributed by atoms with van der Waals surface area (Å²) in [5, 5.41) is 9.83. The Hall–Kier alpha value is -0.570. The normalized spacial score (nSPS) is 28.5. The van der Waals surface area contributed by atoms with Crippen LogP contribution in [0.3, 0.4) is 0 Å². The van der Waals surface area contributed by atoms with Gasteiger partial charge in [-0.05, 0) is 31.6 Å². The number of carbonyl (C=O) groups is 1. The molecule has 1 rings (SSSR count). The second-order valence-electron chi connectivity index (χ2n) is 4.50. The van der Waals surface area contributed by atoms with E-state index in [0.717, 1.165) is 19.3 Å². The van der Waals surface area contributed by atoms with Gasteiger partial charge in [0.25, 0.3) is 0 Å². The minimum atomic E-state index is -0.219. The lowest BCUT2D eigenvalue weighted by molar-refractivity contribution is -0.145. The van der Waals surface area contributed by atoms with Crippen molar-refractivity contribution in [3.8, 4) is 0 Å². The van der Waals surface area contributed by atoms with Gasteiger partial charge in [0.1, 0.15) is 0 Å². The smallest absolute Gasteiger partial charge is 0.306 e. The molecule has 0 bridgehead atoms. The molecular formula is C12H22O3. The molecule has 0 heterocycles. The molecule has 3 unspecified atom stereocenters. The number of esters is 1. The van der Waals surface area contributed by atoms with Crippen molar-refractivity contribution in [3.05, 3.63) is 0 Å². The van der Waals surface area contributed by atoms with Crippen LogP contribution in [0.2, 0.25) is 0 Å². The molecule has 15 heavy (non-hydrogen) atoms. The fraction of sp³-hybridized carbons (Fsp3) is 0.917. The Morgan fingerprint density at radius 3 is 2.73 bits per heavy atom. The van der Waals surface area contributed by atoms with Gasteiger partial charge in [-0.15, -0.1) is 0 Å². The van der Waals surface area contributed by atoms with Crippen LogP contribution >= 0.6 is 0 Å². The van der Waals surface area contributed by atoms with Gasteiger partial charge in [-0.1, -0.05) is 19.8 Å². The van der Waals surface area contributed by atoms with E-state index in [1.54, 1.807) is 0 Å². The second kappa shape index (κ2) is 6.11. The molecule has 0 radical (unpaired) electrons. The van der Waals surface area contributed by atoms with Crippen molar-refractivity contribution in [1.82, 2.24) is 0 Å². The average Bonchev–Trinajstić information content (AvgIpc) is 2.18. The standard InChI is InChI=1S/C12H22O3/c1-3-15-12(14)8-9(2)10-6-4-5-7-11(10)13/h9-11,13H,3-8H2,1-2H3.